The number of nitrogens with one attached hydrogen (secondary N) is 1. The van der Waals surface area contributed by atoms with Crippen LogP contribution in [-0.4, -0.2) is 70.5 Å². The van der Waals surface area contributed by atoms with Gasteiger partial charge < -0.3 is 24.6 Å². The number of aromatic carboxylic acids is 1. The average Bonchev–Trinajstić information content (AvgIpc) is 3.23. The molecule has 0 bridgehead atoms. The summed E-state index contributed by atoms with van der Waals surface area (Å²) in [6, 6.07) is 12.1. The maximum atomic E-state index is 12.8. The molecule has 0 spiro atoms. The third kappa shape index (κ3) is 5.39. The number of fused-ring (bicyclic) bond motifs is 3. The van der Waals surface area contributed by atoms with Crippen LogP contribution < -0.4 is 10.1 Å². The summed E-state index contributed by atoms with van der Waals surface area (Å²) in [5, 5.41) is 12.9. The Morgan fingerprint density at radius 1 is 1.21 bits per heavy atom. The second-order valence-corrected chi connectivity index (χ2v) is 9.25. The molecule has 1 aliphatic heterocycles. The number of nitrogens with zero attached hydrogens (tertiary/aromatic N) is 3. The number of ether oxygens (including phenoxy) is 1. The van der Waals surface area contributed by atoms with Crippen LogP contribution >= 0.6 is 0 Å². The zero-order chi connectivity index (χ0) is 27.4. The normalized spacial score (nSPS) is 14.5. The van der Waals surface area contributed by atoms with E-state index in [4.69, 9.17) is 4.74 Å². The minimum absolute atomic E-state index is 0.0111. The van der Waals surface area contributed by atoms with Crippen LogP contribution in [0.4, 0.5) is 4.79 Å². The molecule has 0 fully saturated rings. The van der Waals surface area contributed by atoms with Gasteiger partial charge in [-0.25, -0.2) is 9.59 Å². The number of amides is 4. The lowest BCUT2D eigenvalue weighted by molar-refractivity contribution is -0.116. The maximum Gasteiger partial charge on any atom is 0.335 e. The molecule has 1 aromatic heterocycles. The third-order valence-electron chi connectivity index (χ3n) is 6.64. The molecule has 10 heteroatoms. The highest BCUT2D eigenvalue weighted by Gasteiger charge is 2.32. The summed E-state index contributed by atoms with van der Waals surface area (Å²) in [7, 11) is 1.44. The number of carbonyl (C=O) groups excluding carboxylic acids is 3. The molecule has 1 atom stereocenters. The molecular formula is C28H30N4O6. The average molecular weight is 519 g/mol. The number of carboxylic acids is 1. The molecule has 198 valence electrons. The first-order chi connectivity index (χ1) is 18.2. The Balaban J connectivity index is 1.71. The van der Waals surface area contributed by atoms with Crippen molar-refractivity contribution >= 4 is 35.2 Å². The fourth-order valence-electron chi connectivity index (χ4n) is 4.83. The molecule has 1 aliphatic rings. The summed E-state index contributed by atoms with van der Waals surface area (Å²) < 4.78 is 8.01. The van der Waals surface area contributed by atoms with Crippen molar-refractivity contribution in [3.05, 3.63) is 77.5 Å². The molecular weight excluding hydrogens is 488 g/mol. The van der Waals surface area contributed by atoms with Gasteiger partial charge in [0.15, 0.2) is 0 Å². The molecule has 38 heavy (non-hydrogen) atoms. The molecule has 0 saturated carbocycles. The third-order valence-corrected chi connectivity index (χ3v) is 6.64. The van der Waals surface area contributed by atoms with Gasteiger partial charge in [0.2, 0.25) is 12.3 Å². The number of carboxylic acid groups (broad SMARTS) is 1. The quantitative estimate of drug-likeness (QED) is 0.255. The Labute approximate surface area is 220 Å². The lowest BCUT2D eigenvalue weighted by Gasteiger charge is -2.33. The number of benzene rings is 2. The molecule has 2 heterocycles. The summed E-state index contributed by atoms with van der Waals surface area (Å²) in [6.45, 7) is 7.35. The van der Waals surface area contributed by atoms with E-state index in [1.165, 1.54) is 13.1 Å². The van der Waals surface area contributed by atoms with Gasteiger partial charge in [-0.15, -0.1) is 0 Å². The molecule has 0 saturated heterocycles. The SMILES string of the molecule is C=CC(=O)NCCOc1ccc2c(c1)c1c(n2Cc2ccc(C(=O)O)cc2)CN(C(=O)N(C)C=O)CC1C. The van der Waals surface area contributed by atoms with E-state index in [-0.39, 0.29) is 23.4 Å². The van der Waals surface area contributed by atoms with Crippen molar-refractivity contribution in [3.8, 4) is 5.75 Å². The lowest BCUT2D eigenvalue weighted by Crippen LogP contribution is -2.44. The summed E-state index contributed by atoms with van der Waals surface area (Å²) in [5.41, 5.74) is 4.12. The lowest BCUT2D eigenvalue weighted by atomic mass is 9.93. The minimum Gasteiger partial charge on any atom is -0.492 e. The largest absolute Gasteiger partial charge is 0.492 e. The Hall–Kier alpha value is -4.60. The van der Waals surface area contributed by atoms with Gasteiger partial charge in [-0.3, -0.25) is 14.5 Å². The summed E-state index contributed by atoms with van der Waals surface area (Å²) in [4.78, 5) is 49.4. The van der Waals surface area contributed by atoms with Crippen molar-refractivity contribution < 1.29 is 29.0 Å². The first kappa shape index (κ1) is 26.5. The van der Waals surface area contributed by atoms with Gasteiger partial charge in [-0.2, -0.15) is 0 Å². The Kier molecular flexibility index (Phi) is 7.80. The van der Waals surface area contributed by atoms with E-state index in [1.807, 2.05) is 25.1 Å². The van der Waals surface area contributed by atoms with Gasteiger partial charge >= 0.3 is 12.0 Å². The summed E-state index contributed by atoms with van der Waals surface area (Å²) >= 11 is 0. The molecule has 4 rings (SSSR count). The van der Waals surface area contributed by atoms with Gasteiger partial charge in [-0.05, 0) is 47.5 Å². The number of aromatic nitrogens is 1. The highest BCUT2D eigenvalue weighted by atomic mass is 16.5. The number of rotatable bonds is 9. The molecule has 2 aromatic carbocycles. The van der Waals surface area contributed by atoms with Crippen molar-refractivity contribution in [1.29, 1.82) is 0 Å². The maximum absolute atomic E-state index is 12.8. The van der Waals surface area contributed by atoms with E-state index in [0.717, 1.165) is 32.6 Å². The van der Waals surface area contributed by atoms with Crippen molar-refractivity contribution in [1.82, 2.24) is 19.7 Å². The van der Waals surface area contributed by atoms with Gasteiger partial charge in [0.1, 0.15) is 12.4 Å². The number of imide groups is 1. The van der Waals surface area contributed by atoms with Gasteiger partial charge in [0.25, 0.3) is 0 Å². The van der Waals surface area contributed by atoms with Crippen molar-refractivity contribution in [2.75, 3.05) is 26.7 Å². The molecule has 4 amide bonds. The molecule has 2 N–H and O–H groups in total. The van der Waals surface area contributed by atoms with E-state index in [0.29, 0.717) is 44.9 Å². The molecule has 0 radical (unpaired) electrons. The van der Waals surface area contributed by atoms with Crippen LogP contribution in [-0.2, 0) is 22.7 Å². The van der Waals surface area contributed by atoms with E-state index >= 15 is 0 Å². The van der Waals surface area contributed by atoms with Crippen molar-refractivity contribution in [2.45, 2.75) is 25.9 Å². The van der Waals surface area contributed by atoms with Crippen molar-refractivity contribution in [2.24, 2.45) is 0 Å². The van der Waals surface area contributed by atoms with E-state index < -0.39 is 5.97 Å². The minimum atomic E-state index is -0.987. The highest BCUT2D eigenvalue weighted by molar-refractivity contribution is 5.90. The summed E-state index contributed by atoms with van der Waals surface area (Å²) in [6.07, 6.45) is 1.71. The smallest absolute Gasteiger partial charge is 0.335 e. The highest BCUT2D eigenvalue weighted by Crippen LogP contribution is 2.39. The van der Waals surface area contributed by atoms with Crippen LogP contribution in [0.15, 0.2) is 55.1 Å². The fourth-order valence-corrected chi connectivity index (χ4v) is 4.83. The second-order valence-electron chi connectivity index (χ2n) is 9.25. The molecule has 0 aliphatic carbocycles. The Bertz CT molecular complexity index is 1390. The van der Waals surface area contributed by atoms with Crippen LogP contribution in [0.2, 0.25) is 0 Å². The summed E-state index contributed by atoms with van der Waals surface area (Å²) in [5.74, 6) is -0.607. The predicted octanol–water partition coefficient (Wildman–Crippen LogP) is 3.20. The Morgan fingerprint density at radius 3 is 2.61 bits per heavy atom. The first-order valence-electron chi connectivity index (χ1n) is 12.2. The van der Waals surface area contributed by atoms with E-state index in [1.54, 1.807) is 29.2 Å². The second kappa shape index (κ2) is 11.2. The molecule has 3 aromatic rings. The van der Waals surface area contributed by atoms with E-state index in [9.17, 15) is 24.3 Å². The standard InChI is InChI=1S/C28H30N4O6/c1-4-25(34)29-11-12-38-21-9-10-23-22(13-21)26-18(2)14-31(28(37)30(3)17-33)16-24(26)32(23)15-19-5-7-20(8-6-19)27(35)36/h4-10,13,17-18H,1,11-12,14-16H2,2-3H3,(H,29,34)(H,35,36). The zero-order valence-electron chi connectivity index (χ0n) is 21.3. The number of hydrogen-bond acceptors (Lipinski definition) is 5. The van der Waals surface area contributed by atoms with Gasteiger partial charge in [0.05, 0.1) is 18.7 Å². The van der Waals surface area contributed by atoms with Crippen LogP contribution in [0.5, 0.6) is 5.75 Å². The zero-order valence-corrected chi connectivity index (χ0v) is 21.3. The molecule has 10 nitrogen and oxygen atoms in total. The van der Waals surface area contributed by atoms with Gasteiger partial charge in [0, 0.05) is 42.7 Å². The number of carbonyl (C=O) groups is 4. The topological polar surface area (TPSA) is 121 Å². The predicted molar refractivity (Wildman–Crippen MR) is 141 cm³/mol. The van der Waals surface area contributed by atoms with Crippen LogP contribution in [0.3, 0.4) is 0 Å². The van der Waals surface area contributed by atoms with Crippen LogP contribution in [0, 0.1) is 0 Å². The van der Waals surface area contributed by atoms with Crippen molar-refractivity contribution in [3.63, 3.8) is 0 Å². The Morgan fingerprint density at radius 2 is 1.95 bits per heavy atom. The van der Waals surface area contributed by atoms with Gasteiger partial charge in [-0.1, -0.05) is 25.6 Å². The number of urea groups is 1. The number of hydrogen-bond donors (Lipinski definition) is 2. The monoisotopic (exact) mass is 518 g/mol. The molecule has 1 unspecified atom stereocenters. The first-order valence-corrected chi connectivity index (χ1v) is 12.2. The fraction of sp³-hybridized carbons (Fsp3) is 0.286. The van der Waals surface area contributed by atoms with E-state index in [2.05, 4.69) is 16.5 Å². The van der Waals surface area contributed by atoms with Crippen LogP contribution in [0.1, 0.15) is 40.0 Å². The van der Waals surface area contributed by atoms with Crippen LogP contribution in [0.25, 0.3) is 10.9 Å².